The molecule has 88 valence electrons. The average molecular weight is 219 g/mol. The molecule has 0 spiro atoms. The number of aryl methyl sites for hydroxylation is 2. The number of hydrogen-bond donors (Lipinski definition) is 2. The Bertz CT molecular complexity index is 369. The number of aliphatic hydroxyl groups excluding tert-OH is 1. The number of rotatable bonds is 3. The molecule has 1 saturated carbocycles. The Labute approximate surface area is 97.7 Å². The molecular weight excluding hydrogens is 198 g/mol. The highest BCUT2D eigenvalue weighted by atomic mass is 16.3. The maximum absolute atomic E-state index is 9.24. The van der Waals surface area contributed by atoms with Gasteiger partial charge in [-0.05, 0) is 50.3 Å². The van der Waals surface area contributed by atoms with Gasteiger partial charge in [0.1, 0.15) is 0 Å². The second-order valence-corrected chi connectivity index (χ2v) is 5.05. The van der Waals surface area contributed by atoms with Crippen LogP contribution in [-0.2, 0) is 0 Å². The minimum Gasteiger partial charge on any atom is -0.393 e. The van der Waals surface area contributed by atoms with Crippen LogP contribution >= 0.6 is 0 Å². The van der Waals surface area contributed by atoms with Crippen LogP contribution in [-0.4, -0.2) is 17.3 Å². The summed E-state index contributed by atoms with van der Waals surface area (Å²) >= 11 is 0. The summed E-state index contributed by atoms with van der Waals surface area (Å²) in [6.07, 6.45) is 1.72. The largest absolute Gasteiger partial charge is 0.393 e. The van der Waals surface area contributed by atoms with Crippen LogP contribution in [0.5, 0.6) is 0 Å². The summed E-state index contributed by atoms with van der Waals surface area (Å²) in [6, 6.07) is 7.48. The van der Waals surface area contributed by atoms with Gasteiger partial charge in [0.15, 0.2) is 0 Å². The Balaban J connectivity index is 1.97. The fraction of sp³-hybridized carbons (Fsp3) is 0.571. The van der Waals surface area contributed by atoms with Crippen molar-refractivity contribution in [1.29, 1.82) is 0 Å². The van der Waals surface area contributed by atoms with Gasteiger partial charge in [-0.15, -0.1) is 0 Å². The first-order chi connectivity index (χ1) is 7.56. The molecule has 2 rings (SSSR count). The van der Waals surface area contributed by atoms with E-state index in [2.05, 4.69) is 44.3 Å². The molecule has 0 amide bonds. The van der Waals surface area contributed by atoms with Gasteiger partial charge in [-0.25, -0.2) is 0 Å². The third kappa shape index (κ3) is 2.45. The predicted octanol–water partition coefficient (Wildman–Crippen LogP) is 2.48. The maximum Gasteiger partial charge on any atom is 0.0570 e. The van der Waals surface area contributed by atoms with Crippen molar-refractivity contribution in [2.24, 2.45) is 0 Å². The summed E-state index contributed by atoms with van der Waals surface area (Å²) < 4.78 is 0. The van der Waals surface area contributed by atoms with Crippen molar-refractivity contribution in [3.8, 4) is 0 Å². The maximum atomic E-state index is 9.24. The van der Waals surface area contributed by atoms with Gasteiger partial charge in [-0.2, -0.15) is 0 Å². The fourth-order valence-electron chi connectivity index (χ4n) is 2.21. The summed E-state index contributed by atoms with van der Waals surface area (Å²) in [7, 11) is 0. The summed E-state index contributed by atoms with van der Waals surface area (Å²) in [6.45, 7) is 6.48. The van der Waals surface area contributed by atoms with Crippen LogP contribution in [0.15, 0.2) is 18.2 Å². The minimum absolute atomic E-state index is 0.0792. The monoisotopic (exact) mass is 219 g/mol. The molecule has 16 heavy (non-hydrogen) atoms. The molecule has 2 heteroatoms. The first kappa shape index (κ1) is 11.6. The normalized spacial score (nSPS) is 26.2. The van der Waals surface area contributed by atoms with E-state index in [0.717, 1.165) is 12.8 Å². The fourth-order valence-corrected chi connectivity index (χ4v) is 2.21. The van der Waals surface area contributed by atoms with Gasteiger partial charge in [0.05, 0.1) is 6.10 Å². The lowest BCUT2D eigenvalue weighted by Gasteiger charge is -2.34. The zero-order chi connectivity index (χ0) is 11.7. The van der Waals surface area contributed by atoms with Crippen LogP contribution in [0, 0.1) is 13.8 Å². The highest BCUT2D eigenvalue weighted by Gasteiger charge is 2.28. The van der Waals surface area contributed by atoms with Crippen molar-refractivity contribution >= 4 is 0 Å². The second kappa shape index (κ2) is 4.56. The van der Waals surface area contributed by atoms with Gasteiger partial charge in [-0.1, -0.05) is 18.2 Å². The van der Waals surface area contributed by atoms with E-state index in [-0.39, 0.29) is 6.10 Å². The van der Waals surface area contributed by atoms with E-state index >= 15 is 0 Å². The zero-order valence-corrected chi connectivity index (χ0v) is 10.3. The number of aliphatic hydroxyl groups is 1. The smallest absolute Gasteiger partial charge is 0.0570 e. The van der Waals surface area contributed by atoms with Crippen molar-refractivity contribution in [3.63, 3.8) is 0 Å². The third-order valence-electron chi connectivity index (χ3n) is 3.63. The van der Waals surface area contributed by atoms with E-state index < -0.39 is 0 Å². The molecule has 1 fully saturated rings. The van der Waals surface area contributed by atoms with Crippen molar-refractivity contribution in [2.45, 2.75) is 51.8 Å². The lowest BCUT2D eigenvalue weighted by Crippen LogP contribution is -2.45. The van der Waals surface area contributed by atoms with E-state index in [1.54, 1.807) is 0 Å². The van der Waals surface area contributed by atoms with Gasteiger partial charge in [-0.3, -0.25) is 0 Å². The molecular formula is C14H21NO. The van der Waals surface area contributed by atoms with Gasteiger partial charge >= 0.3 is 0 Å². The van der Waals surface area contributed by atoms with E-state index in [1.807, 2.05) is 0 Å². The lowest BCUT2D eigenvalue weighted by atomic mass is 9.88. The van der Waals surface area contributed by atoms with Gasteiger partial charge in [0.2, 0.25) is 0 Å². The zero-order valence-electron chi connectivity index (χ0n) is 10.3. The minimum atomic E-state index is -0.0792. The molecule has 1 unspecified atom stereocenters. The first-order valence-corrected chi connectivity index (χ1v) is 6.07. The van der Waals surface area contributed by atoms with Crippen LogP contribution < -0.4 is 5.32 Å². The van der Waals surface area contributed by atoms with Gasteiger partial charge in [0.25, 0.3) is 0 Å². The van der Waals surface area contributed by atoms with Crippen LogP contribution in [0.1, 0.15) is 42.5 Å². The topological polar surface area (TPSA) is 32.3 Å². The number of nitrogens with one attached hydrogen (secondary N) is 1. The van der Waals surface area contributed by atoms with Crippen molar-refractivity contribution in [2.75, 3.05) is 0 Å². The molecule has 2 nitrogen and oxygen atoms in total. The van der Waals surface area contributed by atoms with Gasteiger partial charge < -0.3 is 10.4 Å². The molecule has 0 saturated heterocycles. The molecule has 2 N–H and O–H groups in total. The Kier molecular flexibility index (Phi) is 3.31. The van der Waals surface area contributed by atoms with E-state index in [0.29, 0.717) is 12.1 Å². The molecule has 0 aliphatic heterocycles. The molecule has 0 bridgehead atoms. The van der Waals surface area contributed by atoms with E-state index in [4.69, 9.17) is 0 Å². The average Bonchev–Trinajstić information content (AvgIpc) is 2.19. The molecule has 1 aliphatic carbocycles. The second-order valence-electron chi connectivity index (χ2n) is 5.05. The highest BCUT2D eigenvalue weighted by molar-refractivity contribution is 5.31. The van der Waals surface area contributed by atoms with Crippen molar-refractivity contribution in [1.82, 2.24) is 5.32 Å². The van der Waals surface area contributed by atoms with Crippen molar-refractivity contribution in [3.05, 3.63) is 34.9 Å². The van der Waals surface area contributed by atoms with E-state index in [9.17, 15) is 5.11 Å². The van der Waals surface area contributed by atoms with Crippen LogP contribution in [0.2, 0.25) is 0 Å². The molecule has 0 aromatic heterocycles. The Hall–Kier alpha value is -0.860. The Morgan fingerprint density at radius 1 is 1.25 bits per heavy atom. The lowest BCUT2D eigenvalue weighted by molar-refractivity contribution is 0.0586. The highest BCUT2D eigenvalue weighted by Crippen LogP contribution is 2.24. The third-order valence-corrected chi connectivity index (χ3v) is 3.63. The quantitative estimate of drug-likeness (QED) is 0.818. The molecule has 1 aromatic carbocycles. The Morgan fingerprint density at radius 3 is 2.50 bits per heavy atom. The van der Waals surface area contributed by atoms with Crippen LogP contribution in [0.25, 0.3) is 0 Å². The van der Waals surface area contributed by atoms with Crippen LogP contribution in [0.3, 0.4) is 0 Å². The Morgan fingerprint density at radius 2 is 1.94 bits per heavy atom. The summed E-state index contributed by atoms with van der Waals surface area (Å²) in [5.74, 6) is 0. The van der Waals surface area contributed by atoms with Crippen molar-refractivity contribution < 1.29 is 5.11 Å². The molecule has 1 aliphatic rings. The molecule has 1 atom stereocenters. The number of hydrogen-bond acceptors (Lipinski definition) is 2. The van der Waals surface area contributed by atoms with E-state index in [1.165, 1.54) is 16.7 Å². The first-order valence-electron chi connectivity index (χ1n) is 6.07. The predicted molar refractivity (Wildman–Crippen MR) is 66.5 cm³/mol. The number of benzene rings is 1. The molecule has 0 radical (unpaired) electrons. The summed E-state index contributed by atoms with van der Waals surface area (Å²) in [4.78, 5) is 0. The summed E-state index contributed by atoms with van der Waals surface area (Å²) in [5.41, 5.74) is 4.03. The standard InChI is InChI=1S/C14H21NO/c1-9-4-5-12(6-10(9)2)11(3)15-13-7-14(16)8-13/h4-6,11,13-16H,7-8H2,1-3H3. The molecule has 1 aromatic rings. The summed E-state index contributed by atoms with van der Waals surface area (Å²) in [5, 5.41) is 12.8. The SMILES string of the molecule is Cc1ccc(C(C)NC2CC(O)C2)cc1C. The van der Waals surface area contributed by atoms with Crippen LogP contribution in [0.4, 0.5) is 0 Å². The van der Waals surface area contributed by atoms with Gasteiger partial charge in [0, 0.05) is 12.1 Å². The molecule has 0 heterocycles.